The average molecular weight is 259 g/mol. The minimum atomic E-state index is -0.819. The summed E-state index contributed by atoms with van der Waals surface area (Å²) in [6.45, 7) is 3.45. The van der Waals surface area contributed by atoms with E-state index in [4.69, 9.17) is 5.11 Å². The van der Waals surface area contributed by atoms with E-state index in [0.717, 1.165) is 12.2 Å². The molecule has 1 aliphatic heterocycles. The Labute approximate surface area is 112 Å². The first-order valence-corrected chi connectivity index (χ1v) is 6.33. The quantitative estimate of drug-likeness (QED) is 0.853. The maximum atomic E-state index is 11.0. The van der Waals surface area contributed by atoms with Gasteiger partial charge < -0.3 is 15.3 Å². The first kappa shape index (κ1) is 13.4. The van der Waals surface area contributed by atoms with E-state index in [0.29, 0.717) is 12.1 Å². The van der Waals surface area contributed by atoms with Gasteiger partial charge in [-0.25, -0.2) is 0 Å². The molecular formula is C14H17N3O2. The summed E-state index contributed by atoms with van der Waals surface area (Å²) in [7, 11) is 0. The number of rotatable bonds is 3. The van der Waals surface area contributed by atoms with Gasteiger partial charge in [0.25, 0.3) is 0 Å². The van der Waals surface area contributed by atoms with Crippen molar-refractivity contribution in [2.24, 2.45) is 0 Å². The maximum absolute atomic E-state index is 11.0. The molecule has 2 atom stereocenters. The molecule has 2 rings (SSSR count). The number of anilines is 1. The summed E-state index contributed by atoms with van der Waals surface area (Å²) in [6.07, 6.45) is 0.0666. The maximum Gasteiger partial charge on any atom is 0.305 e. The second kappa shape index (κ2) is 5.72. The predicted octanol–water partition coefficient (Wildman–Crippen LogP) is 1.20. The largest absolute Gasteiger partial charge is 0.481 e. The zero-order chi connectivity index (χ0) is 13.8. The number of para-hydroxylation sites is 1. The van der Waals surface area contributed by atoms with E-state index in [9.17, 15) is 10.1 Å². The van der Waals surface area contributed by atoms with Crippen LogP contribution < -0.4 is 10.2 Å². The van der Waals surface area contributed by atoms with Crippen molar-refractivity contribution in [3.63, 3.8) is 0 Å². The summed E-state index contributed by atoms with van der Waals surface area (Å²) in [5.41, 5.74) is 1.41. The molecule has 0 radical (unpaired) electrons. The second-order valence-electron chi connectivity index (χ2n) is 4.80. The fraction of sp³-hybridized carbons (Fsp3) is 0.429. The summed E-state index contributed by atoms with van der Waals surface area (Å²) >= 11 is 0. The van der Waals surface area contributed by atoms with Crippen LogP contribution in [-0.4, -0.2) is 36.2 Å². The van der Waals surface area contributed by atoms with Gasteiger partial charge in [0, 0.05) is 19.1 Å². The first-order valence-electron chi connectivity index (χ1n) is 6.33. The van der Waals surface area contributed by atoms with E-state index >= 15 is 0 Å². The predicted molar refractivity (Wildman–Crippen MR) is 72.0 cm³/mol. The first-order chi connectivity index (χ1) is 9.13. The molecule has 0 amide bonds. The van der Waals surface area contributed by atoms with Crippen molar-refractivity contribution in [2.75, 3.05) is 18.0 Å². The Morgan fingerprint density at radius 3 is 2.95 bits per heavy atom. The van der Waals surface area contributed by atoms with Crippen molar-refractivity contribution in [3.05, 3.63) is 29.8 Å². The van der Waals surface area contributed by atoms with Crippen LogP contribution in [0.5, 0.6) is 0 Å². The Morgan fingerprint density at radius 2 is 2.26 bits per heavy atom. The van der Waals surface area contributed by atoms with Crippen LogP contribution >= 0.6 is 0 Å². The topological polar surface area (TPSA) is 76.4 Å². The van der Waals surface area contributed by atoms with E-state index in [1.807, 2.05) is 25.1 Å². The summed E-state index contributed by atoms with van der Waals surface area (Å²) in [5.74, 6) is -0.819. The molecule has 100 valence electrons. The molecule has 0 aliphatic carbocycles. The van der Waals surface area contributed by atoms with Crippen molar-refractivity contribution in [2.45, 2.75) is 25.4 Å². The van der Waals surface area contributed by atoms with Crippen LogP contribution in [0.15, 0.2) is 24.3 Å². The number of aliphatic carboxylic acids is 1. The number of piperazine rings is 1. The monoisotopic (exact) mass is 259 g/mol. The molecule has 0 spiro atoms. The minimum Gasteiger partial charge on any atom is -0.481 e. The van der Waals surface area contributed by atoms with E-state index in [1.165, 1.54) is 0 Å². The number of carboxylic acids is 1. The van der Waals surface area contributed by atoms with E-state index < -0.39 is 5.97 Å². The number of carboxylic acid groups (broad SMARTS) is 1. The second-order valence-corrected chi connectivity index (χ2v) is 4.80. The number of nitrogens with one attached hydrogen (secondary N) is 1. The third-order valence-corrected chi connectivity index (χ3v) is 3.40. The number of benzene rings is 1. The van der Waals surface area contributed by atoms with Crippen LogP contribution in [0, 0.1) is 11.3 Å². The van der Waals surface area contributed by atoms with Crippen LogP contribution in [-0.2, 0) is 4.79 Å². The molecule has 1 fully saturated rings. The lowest BCUT2D eigenvalue weighted by atomic mass is 10.0. The smallest absolute Gasteiger partial charge is 0.305 e. The third kappa shape index (κ3) is 2.85. The number of carbonyl (C=O) groups is 1. The molecule has 1 aromatic carbocycles. The molecule has 1 heterocycles. The van der Waals surface area contributed by atoms with Crippen LogP contribution in [0.2, 0.25) is 0 Å². The number of nitrogens with zero attached hydrogens (tertiary/aromatic N) is 2. The summed E-state index contributed by atoms with van der Waals surface area (Å²) in [6, 6.07) is 9.56. The van der Waals surface area contributed by atoms with Crippen molar-refractivity contribution in [3.8, 4) is 6.07 Å². The third-order valence-electron chi connectivity index (χ3n) is 3.40. The standard InChI is InChI=1S/C14H17N3O2/c1-10-8-16-9-12(6-14(18)19)17(10)13-5-3-2-4-11(13)7-15/h2-5,10,12,16H,6,8-9H2,1H3,(H,18,19). The normalized spacial score (nSPS) is 22.8. The van der Waals surface area contributed by atoms with Crippen LogP contribution in [0.3, 0.4) is 0 Å². The number of hydrogen-bond donors (Lipinski definition) is 2. The van der Waals surface area contributed by atoms with Crippen molar-refractivity contribution in [1.29, 1.82) is 5.26 Å². The van der Waals surface area contributed by atoms with Gasteiger partial charge in [-0.05, 0) is 19.1 Å². The SMILES string of the molecule is CC1CNCC(CC(=O)O)N1c1ccccc1C#N. The van der Waals surface area contributed by atoms with Crippen molar-refractivity contribution < 1.29 is 9.90 Å². The van der Waals surface area contributed by atoms with Gasteiger partial charge in [-0.3, -0.25) is 4.79 Å². The van der Waals surface area contributed by atoms with Gasteiger partial charge in [-0.1, -0.05) is 12.1 Å². The molecule has 1 aromatic rings. The fourth-order valence-corrected chi connectivity index (χ4v) is 2.61. The summed E-state index contributed by atoms with van der Waals surface area (Å²) < 4.78 is 0. The molecule has 19 heavy (non-hydrogen) atoms. The van der Waals surface area contributed by atoms with Gasteiger partial charge in [-0.2, -0.15) is 5.26 Å². The van der Waals surface area contributed by atoms with E-state index in [-0.39, 0.29) is 18.5 Å². The molecule has 1 saturated heterocycles. The van der Waals surface area contributed by atoms with Crippen LogP contribution in [0.25, 0.3) is 0 Å². The Balaban J connectivity index is 2.36. The van der Waals surface area contributed by atoms with Gasteiger partial charge in [0.15, 0.2) is 0 Å². The Bertz CT molecular complexity index is 510. The molecule has 0 saturated carbocycles. The lowest BCUT2D eigenvalue weighted by Gasteiger charge is -2.42. The molecule has 5 nitrogen and oxygen atoms in total. The lowest BCUT2D eigenvalue weighted by molar-refractivity contribution is -0.137. The number of nitriles is 1. The van der Waals surface area contributed by atoms with Crippen LogP contribution in [0.1, 0.15) is 18.9 Å². The molecule has 0 aromatic heterocycles. The van der Waals surface area contributed by atoms with Gasteiger partial charge in [-0.15, -0.1) is 0 Å². The van der Waals surface area contributed by atoms with Gasteiger partial charge in [0.05, 0.1) is 23.7 Å². The summed E-state index contributed by atoms with van der Waals surface area (Å²) in [5, 5.41) is 21.5. The Hall–Kier alpha value is -2.06. The zero-order valence-electron chi connectivity index (χ0n) is 10.8. The number of hydrogen-bond acceptors (Lipinski definition) is 4. The molecule has 2 N–H and O–H groups in total. The minimum absolute atomic E-state index is 0.0666. The zero-order valence-corrected chi connectivity index (χ0v) is 10.8. The lowest BCUT2D eigenvalue weighted by Crippen LogP contribution is -2.57. The average Bonchev–Trinajstić information content (AvgIpc) is 2.38. The summed E-state index contributed by atoms with van der Waals surface area (Å²) in [4.78, 5) is 13.0. The van der Waals surface area contributed by atoms with Crippen molar-refractivity contribution in [1.82, 2.24) is 5.32 Å². The van der Waals surface area contributed by atoms with E-state index in [2.05, 4.69) is 16.3 Å². The molecule has 1 aliphatic rings. The van der Waals surface area contributed by atoms with E-state index in [1.54, 1.807) is 6.07 Å². The Morgan fingerprint density at radius 1 is 1.53 bits per heavy atom. The molecule has 2 unspecified atom stereocenters. The highest BCUT2D eigenvalue weighted by Gasteiger charge is 2.30. The molecular weight excluding hydrogens is 242 g/mol. The van der Waals surface area contributed by atoms with Crippen LogP contribution in [0.4, 0.5) is 5.69 Å². The highest BCUT2D eigenvalue weighted by Crippen LogP contribution is 2.26. The Kier molecular flexibility index (Phi) is 4.03. The van der Waals surface area contributed by atoms with Gasteiger partial charge in [0.1, 0.15) is 6.07 Å². The molecule has 5 heteroatoms. The highest BCUT2D eigenvalue weighted by atomic mass is 16.4. The van der Waals surface area contributed by atoms with Crippen molar-refractivity contribution >= 4 is 11.7 Å². The van der Waals surface area contributed by atoms with Gasteiger partial charge >= 0.3 is 5.97 Å². The molecule has 0 bridgehead atoms. The highest BCUT2D eigenvalue weighted by molar-refractivity contribution is 5.70. The fourth-order valence-electron chi connectivity index (χ4n) is 2.61. The van der Waals surface area contributed by atoms with Gasteiger partial charge in [0.2, 0.25) is 0 Å².